The molecule has 5 heteroatoms. The highest BCUT2D eigenvalue weighted by Gasteiger charge is 1.91. The molecule has 2 rings (SSSR count). The summed E-state index contributed by atoms with van der Waals surface area (Å²) in [6.07, 6.45) is 2.60. The Hall–Kier alpha value is -0.940. The van der Waals surface area contributed by atoms with E-state index in [1.54, 1.807) is 0 Å². The molecule has 0 aromatic carbocycles. The van der Waals surface area contributed by atoms with Crippen LogP contribution < -0.4 is 10.6 Å². The lowest BCUT2D eigenvalue weighted by atomic mass is 10.4. The molecule has 62 valence electrons. The Labute approximate surface area is 65.2 Å². The molecule has 1 aromatic rings. The first-order chi connectivity index (χ1) is 5.50. The molecule has 0 radical (unpaired) electrons. The van der Waals surface area contributed by atoms with Gasteiger partial charge in [0.1, 0.15) is 0 Å². The number of hydrogen-bond acceptors (Lipinski definition) is 5. The van der Waals surface area contributed by atoms with Gasteiger partial charge < -0.3 is 15.2 Å². The average molecular weight is 156 g/mol. The van der Waals surface area contributed by atoms with Crippen LogP contribution in [-0.4, -0.2) is 36.3 Å². The van der Waals surface area contributed by atoms with Gasteiger partial charge in [-0.15, -0.1) is 0 Å². The first-order valence-electron chi connectivity index (χ1n) is 3.61. The quantitative estimate of drug-likeness (QED) is 0.517. The van der Waals surface area contributed by atoms with E-state index in [0.29, 0.717) is 0 Å². The molecule has 2 heterocycles. The number of piperazine rings is 1. The van der Waals surface area contributed by atoms with Crippen LogP contribution in [-0.2, 0) is 0 Å². The zero-order valence-corrected chi connectivity index (χ0v) is 6.29. The molecular formula is C6H12N4O. The number of aromatic nitrogens is 2. The van der Waals surface area contributed by atoms with Crippen molar-refractivity contribution in [2.75, 3.05) is 26.2 Å². The summed E-state index contributed by atoms with van der Waals surface area (Å²) < 4.78 is 4.22. The lowest BCUT2D eigenvalue weighted by Gasteiger charge is -2.11. The molecule has 1 aliphatic rings. The van der Waals surface area contributed by atoms with E-state index in [1.807, 2.05) is 0 Å². The van der Waals surface area contributed by atoms with Crippen LogP contribution in [0.2, 0.25) is 0 Å². The molecule has 1 saturated heterocycles. The van der Waals surface area contributed by atoms with E-state index >= 15 is 0 Å². The molecule has 0 bridgehead atoms. The van der Waals surface area contributed by atoms with Crippen LogP contribution in [0.15, 0.2) is 17.2 Å². The third kappa shape index (κ3) is 4.46. The first-order valence-corrected chi connectivity index (χ1v) is 3.61. The van der Waals surface area contributed by atoms with Crippen LogP contribution in [0.5, 0.6) is 0 Å². The van der Waals surface area contributed by atoms with Gasteiger partial charge >= 0.3 is 0 Å². The van der Waals surface area contributed by atoms with Crippen molar-refractivity contribution < 1.29 is 4.52 Å². The van der Waals surface area contributed by atoms with E-state index < -0.39 is 0 Å². The van der Waals surface area contributed by atoms with Gasteiger partial charge in [0.05, 0.1) is 0 Å². The first kappa shape index (κ1) is 8.16. The second-order valence-electron chi connectivity index (χ2n) is 2.08. The Bertz CT molecular complexity index is 121. The van der Waals surface area contributed by atoms with Crippen LogP contribution in [0.1, 0.15) is 0 Å². The summed E-state index contributed by atoms with van der Waals surface area (Å²) in [5.74, 6) is 0. The molecule has 11 heavy (non-hydrogen) atoms. The molecule has 1 aromatic heterocycles. The molecular weight excluding hydrogens is 144 g/mol. The Morgan fingerprint density at radius 3 is 1.91 bits per heavy atom. The number of hydrogen-bond donors (Lipinski definition) is 2. The van der Waals surface area contributed by atoms with Gasteiger partial charge in [0, 0.05) is 26.2 Å². The summed E-state index contributed by atoms with van der Waals surface area (Å²) in [5, 5.41) is 9.68. The van der Waals surface area contributed by atoms with Gasteiger partial charge in [-0.05, 0) is 0 Å². The molecule has 0 spiro atoms. The van der Waals surface area contributed by atoms with Crippen molar-refractivity contribution in [2.24, 2.45) is 0 Å². The zero-order chi connectivity index (χ0) is 7.78. The largest absolute Gasteiger partial charge is 0.343 e. The van der Waals surface area contributed by atoms with E-state index in [1.165, 1.54) is 12.7 Å². The van der Waals surface area contributed by atoms with Crippen LogP contribution in [0.4, 0.5) is 0 Å². The summed E-state index contributed by atoms with van der Waals surface area (Å²) >= 11 is 0. The highest BCUT2D eigenvalue weighted by Crippen LogP contribution is 1.65. The van der Waals surface area contributed by atoms with Gasteiger partial charge in [-0.1, -0.05) is 5.16 Å². The Morgan fingerprint density at radius 1 is 1.09 bits per heavy atom. The SMILES string of the molecule is C1CNCCN1.c1ncon1. The van der Waals surface area contributed by atoms with Crippen molar-refractivity contribution in [1.29, 1.82) is 0 Å². The van der Waals surface area contributed by atoms with Crippen LogP contribution >= 0.6 is 0 Å². The average Bonchev–Trinajstić information content (AvgIpc) is 2.64. The molecule has 0 atom stereocenters. The summed E-state index contributed by atoms with van der Waals surface area (Å²) in [5.41, 5.74) is 0. The lowest BCUT2D eigenvalue weighted by Crippen LogP contribution is -2.39. The van der Waals surface area contributed by atoms with Crippen molar-refractivity contribution in [3.63, 3.8) is 0 Å². The van der Waals surface area contributed by atoms with E-state index in [2.05, 4.69) is 25.3 Å². The van der Waals surface area contributed by atoms with Crippen LogP contribution in [0.3, 0.4) is 0 Å². The van der Waals surface area contributed by atoms with E-state index in [-0.39, 0.29) is 0 Å². The third-order valence-electron chi connectivity index (χ3n) is 1.24. The van der Waals surface area contributed by atoms with Crippen molar-refractivity contribution in [3.8, 4) is 0 Å². The fourth-order valence-corrected chi connectivity index (χ4v) is 0.740. The Balaban J connectivity index is 0.000000112. The summed E-state index contributed by atoms with van der Waals surface area (Å²) in [7, 11) is 0. The normalized spacial score (nSPS) is 16.7. The molecule has 1 aliphatic heterocycles. The maximum atomic E-state index is 4.22. The molecule has 2 N–H and O–H groups in total. The minimum atomic E-state index is 1.14. The number of rotatable bonds is 0. The van der Waals surface area contributed by atoms with Gasteiger partial charge in [-0.2, -0.15) is 0 Å². The summed E-state index contributed by atoms with van der Waals surface area (Å²) in [6.45, 7) is 4.56. The Kier molecular flexibility index (Phi) is 4.31. The molecule has 0 amide bonds. The maximum absolute atomic E-state index is 4.22. The van der Waals surface area contributed by atoms with E-state index in [9.17, 15) is 0 Å². The van der Waals surface area contributed by atoms with E-state index in [4.69, 9.17) is 0 Å². The highest BCUT2D eigenvalue weighted by atomic mass is 16.5. The van der Waals surface area contributed by atoms with Gasteiger partial charge in [0.25, 0.3) is 0 Å². The lowest BCUT2D eigenvalue weighted by molar-refractivity contribution is 0.416. The molecule has 0 saturated carbocycles. The second kappa shape index (κ2) is 5.82. The third-order valence-corrected chi connectivity index (χ3v) is 1.24. The summed E-state index contributed by atoms with van der Waals surface area (Å²) in [6, 6.07) is 0. The minimum absolute atomic E-state index is 1.14. The molecule has 5 nitrogen and oxygen atoms in total. The Morgan fingerprint density at radius 2 is 1.73 bits per heavy atom. The van der Waals surface area contributed by atoms with Gasteiger partial charge in [-0.3, -0.25) is 0 Å². The maximum Gasteiger partial charge on any atom is 0.213 e. The minimum Gasteiger partial charge on any atom is -0.343 e. The zero-order valence-electron chi connectivity index (χ0n) is 6.29. The topological polar surface area (TPSA) is 63.0 Å². The summed E-state index contributed by atoms with van der Waals surface area (Å²) in [4.78, 5) is 3.44. The monoisotopic (exact) mass is 156 g/mol. The van der Waals surface area contributed by atoms with Crippen LogP contribution in [0, 0.1) is 0 Å². The highest BCUT2D eigenvalue weighted by molar-refractivity contribution is 4.59. The fraction of sp³-hybridized carbons (Fsp3) is 0.667. The van der Waals surface area contributed by atoms with Crippen molar-refractivity contribution in [2.45, 2.75) is 0 Å². The van der Waals surface area contributed by atoms with Gasteiger partial charge in [0.15, 0.2) is 6.33 Å². The van der Waals surface area contributed by atoms with Crippen molar-refractivity contribution in [1.82, 2.24) is 20.8 Å². The van der Waals surface area contributed by atoms with Crippen molar-refractivity contribution >= 4 is 0 Å². The van der Waals surface area contributed by atoms with Gasteiger partial charge in [-0.25, -0.2) is 4.98 Å². The van der Waals surface area contributed by atoms with E-state index in [0.717, 1.165) is 26.2 Å². The smallest absolute Gasteiger partial charge is 0.213 e. The predicted molar refractivity (Wildman–Crippen MR) is 40.0 cm³/mol. The van der Waals surface area contributed by atoms with Crippen molar-refractivity contribution in [3.05, 3.63) is 12.7 Å². The molecule has 0 unspecified atom stereocenters. The number of nitrogens with one attached hydrogen (secondary N) is 2. The van der Waals surface area contributed by atoms with Gasteiger partial charge in [0.2, 0.25) is 6.39 Å². The van der Waals surface area contributed by atoms with Crippen LogP contribution in [0.25, 0.3) is 0 Å². The fourth-order valence-electron chi connectivity index (χ4n) is 0.740. The standard InChI is InChI=1S/C4H10N2.C2H2N2O/c1-2-6-4-3-5-1;1-3-2-5-4-1/h5-6H,1-4H2;1-2H. The molecule has 0 aliphatic carbocycles. The second-order valence-corrected chi connectivity index (χ2v) is 2.08. The molecule has 1 fully saturated rings. The number of nitrogens with zero attached hydrogens (tertiary/aromatic N) is 2. The predicted octanol–water partition coefficient (Wildman–Crippen LogP) is -0.751.